The Labute approximate surface area is 140 Å². The van der Waals surface area contributed by atoms with E-state index in [0.717, 1.165) is 31.9 Å². The van der Waals surface area contributed by atoms with Crippen molar-refractivity contribution < 1.29 is 13.9 Å². The highest BCUT2D eigenvalue weighted by atomic mass is 19.1. The van der Waals surface area contributed by atoms with E-state index in [9.17, 15) is 4.39 Å². The van der Waals surface area contributed by atoms with Crippen LogP contribution in [0.15, 0.2) is 42.7 Å². The van der Waals surface area contributed by atoms with Crippen LogP contribution >= 0.6 is 0 Å². The van der Waals surface area contributed by atoms with E-state index in [1.807, 2.05) is 24.4 Å². The van der Waals surface area contributed by atoms with Crippen molar-refractivity contribution in [2.75, 3.05) is 32.9 Å². The van der Waals surface area contributed by atoms with E-state index in [4.69, 9.17) is 9.47 Å². The molecule has 0 unspecified atom stereocenters. The molecule has 4 rings (SSSR count). The fraction of sp³-hybridized carbons (Fsp3) is 0.444. The van der Waals surface area contributed by atoms with Gasteiger partial charge in [0.2, 0.25) is 5.88 Å². The van der Waals surface area contributed by atoms with Gasteiger partial charge >= 0.3 is 0 Å². The summed E-state index contributed by atoms with van der Waals surface area (Å²) >= 11 is 0. The first-order valence-electron chi connectivity index (χ1n) is 8.18. The highest BCUT2D eigenvalue weighted by Gasteiger charge is 2.51. The van der Waals surface area contributed by atoms with Crippen LogP contribution in [0.1, 0.15) is 5.69 Å². The zero-order chi connectivity index (χ0) is 16.4. The molecule has 0 bridgehead atoms. The van der Waals surface area contributed by atoms with E-state index in [1.54, 1.807) is 12.3 Å². The monoisotopic (exact) mass is 329 g/mol. The molecule has 126 valence electrons. The molecule has 2 aromatic rings. The third-order valence-electron chi connectivity index (χ3n) is 4.92. The Hall–Kier alpha value is -2.05. The minimum absolute atomic E-state index is 0.0701. The SMILES string of the molecule is Fc1cccnc1OC[C@]12COC[C@H]1CN(Cc1ccccn1)C2. The molecule has 0 amide bonds. The molecule has 2 fully saturated rings. The van der Waals surface area contributed by atoms with Crippen molar-refractivity contribution in [2.45, 2.75) is 6.54 Å². The van der Waals surface area contributed by atoms with Crippen molar-refractivity contribution in [1.82, 2.24) is 14.9 Å². The van der Waals surface area contributed by atoms with Gasteiger partial charge in [-0.05, 0) is 24.3 Å². The molecule has 6 heteroatoms. The minimum atomic E-state index is -0.423. The van der Waals surface area contributed by atoms with Gasteiger partial charge in [-0.25, -0.2) is 9.37 Å². The summed E-state index contributed by atoms with van der Waals surface area (Å²) in [6.45, 7) is 4.42. The van der Waals surface area contributed by atoms with E-state index in [2.05, 4.69) is 14.9 Å². The third kappa shape index (κ3) is 2.99. The quantitative estimate of drug-likeness (QED) is 0.841. The fourth-order valence-electron chi connectivity index (χ4n) is 3.68. The van der Waals surface area contributed by atoms with Crippen LogP contribution in [0.4, 0.5) is 4.39 Å². The van der Waals surface area contributed by atoms with Crippen LogP contribution in [-0.2, 0) is 11.3 Å². The zero-order valence-electron chi connectivity index (χ0n) is 13.4. The number of aromatic nitrogens is 2. The molecule has 2 aliphatic rings. The maximum atomic E-state index is 13.7. The average molecular weight is 329 g/mol. The molecule has 4 heterocycles. The van der Waals surface area contributed by atoms with Gasteiger partial charge in [0, 0.05) is 43.4 Å². The third-order valence-corrected chi connectivity index (χ3v) is 4.92. The number of pyridine rings is 2. The van der Waals surface area contributed by atoms with Gasteiger partial charge in [-0.15, -0.1) is 0 Å². The van der Waals surface area contributed by atoms with Crippen LogP contribution < -0.4 is 4.74 Å². The van der Waals surface area contributed by atoms with Crippen LogP contribution in [0.5, 0.6) is 5.88 Å². The number of hydrogen-bond acceptors (Lipinski definition) is 5. The largest absolute Gasteiger partial charge is 0.475 e. The topological polar surface area (TPSA) is 47.5 Å². The molecule has 2 aromatic heterocycles. The Bertz CT molecular complexity index is 700. The normalized spacial score (nSPS) is 26.5. The molecule has 0 aromatic carbocycles. The number of rotatable bonds is 5. The first kappa shape index (κ1) is 15.5. The van der Waals surface area contributed by atoms with Crippen molar-refractivity contribution in [1.29, 1.82) is 0 Å². The van der Waals surface area contributed by atoms with E-state index < -0.39 is 5.82 Å². The maximum absolute atomic E-state index is 13.7. The van der Waals surface area contributed by atoms with E-state index >= 15 is 0 Å². The van der Waals surface area contributed by atoms with Gasteiger partial charge in [-0.2, -0.15) is 0 Å². The number of nitrogens with zero attached hydrogens (tertiary/aromatic N) is 3. The highest BCUT2D eigenvalue weighted by molar-refractivity contribution is 5.14. The molecular weight excluding hydrogens is 309 g/mol. The van der Waals surface area contributed by atoms with Gasteiger partial charge in [0.1, 0.15) is 0 Å². The summed E-state index contributed by atoms with van der Waals surface area (Å²) < 4.78 is 25.1. The number of likely N-dealkylation sites (tertiary alicyclic amines) is 1. The Morgan fingerprint density at radius 1 is 1.25 bits per heavy atom. The predicted molar refractivity (Wildman–Crippen MR) is 85.9 cm³/mol. The molecule has 2 aliphatic heterocycles. The molecule has 0 saturated carbocycles. The van der Waals surface area contributed by atoms with Crippen LogP contribution in [-0.4, -0.2) is 47.8 Å². The predicted octanol–water partition coefficient (Wildman–Crippen LogP) is 2.14. The van der Waals surface area contributed by atoms with Gasteiger partial charge in [-0.3, -0.25) is 9.88 Å². The standard InChI is InChI=1S/C18H20FN3O2/c19-16-5-3-7-21-17(16)24-13-18-11-22(8-14(18)10-23-12-18)9-15-4-1-2-6-20-15/h1-7,14H,8-13H2/t14-,18+/m1/s1. The Morgan fingerprint density at radius 2 is 2.17 bits per heavy atom. The van der Waals surface area contributed by atoms with Crippen molar-refractivity contribution in [2.24, 2.45) is 11.3 Å². The molecular formula is C18H20FN3O2. The lowest BCUT2D eigenvalue weighted by Gasteiger charge is -2.27. The van der Waals surface area contributed by atoms with E-state index in [0.29, 0.717) is 19.1 Å². The maximum Gasteiger partial charge on any atom is 0.250 e. The summed E-state index contributed by atoms with van der Waals surface area (Å²) in [7, 11) is 0. The Balaban J connectivity index is 1.44. The lowest BCUT2D eigenvalue weighted by atomic mass is 9.82. The summed E-state index contributed by atoms with van der Waals surface area (Å²) in [4.78, 5) is 10.8. The number of hydrogen-bond donors (Lipinski definition) is 0. The molecule has 5 nitrogen and oxygen atoms in total. The summed E-state index contributed by atoms with van der Waals surface area (Å²) in [6, 6.07) is 8.89. The van der Waals surface area contributed by atoms with Gasteiger partial charge < -0.3 is 9.47 Å². The molecule has 0 aliphatic carbocycles. The first-order chi connectivity index (χ1) is 11.8. The minimum Gasteiger partial charge on any atom is -0.475 e. The van der Waals surface area contributed by atoms with Crippen LogP contribution in [0.2, 0.25) is 0 Å². The Kier molecular flexibility index (Phi) is 4.16. The molecule has 0 radical (unpaired) electrons. The summed E-state index contributed by atoms with van der Waals surface area (Å²) in [5.41, 5.74) is 0.962. The molecule has 0 N–H and O–H groups in total. The lowest BCUT2D eigenvalue weighted by molar-refractivity contribution is 0.0860. The van der Waals surface area contributed by atoms with Crippen molar-refractivity contribution in [3.8, 4) is 5.88 Å². The van der Waals surface area contributed by atoms with Gasteiger partial charge in [0.15, 0.2) is 5.82 Å². The fourth-order valence-corrected chi connectivity index (χ4v) is 3.68. The van der Waals surface area contributed by atoms with E-state index in [1.165, 1.54) is 6.07 Å². The molecule has 2 saturated heterocycles. The molecule has 0 spiro atoms. The van der Waals surface area contributed by atoms with Gasteiger partial charge in [0.05, 0.1) is 25.5 Å². The van der Waals surface area contributed by atoms with Crippen LogP contribution in [0, 0.1) is 17.2 Å². The first-order valence-corrected chi connectivity index (χ1v) is 8.18. The second-order valence-corrected chi connectivity index (χ2v) is 6.64. The van der Waals surface area contributed by atoms with Crippen molar-refractivity contribution in [3.05, 3.63) is 54.2 Å². The van der Waals surface area contributed by atoms with Crippen LogP contribution in [0.25, 0.3) is 0 Å². The second kappa shape index (κ2) is 6.45. The number of halogens is 1. The van der Waals surface area contributed by atoms with E-state index in [-0.39, 0.29) is 11.3 Å². The Morgan fingerprint density at radius 3 is 3.00 bits per heavy atom. The van der Waals surface area contributed by atoms with Crippen molar-refractivity contribution in [3.63, 3.8) is 0 Å². The summed E-state index contributed by atoms with van der Waals surface area (Å²) in [5.74, 6) is 0.0430. The zero-order valence-corrected chi connectivity index (χ0v) is 13.4. The number of fused-ring (bicyclic) bond motifs is 1. The summed E-state index contributed by atoms with van der Waals surface area (Å²) in [6.07, 6.45) is 3.36. The van der Waals surface area contributed by atoms with Crippen LogP contribution in [0.3, 0.4) is 0 Å². The second-order valence-electron chi connectivity index (χ2n) is 6.64. The molecule has 2 atom stereocenters. The highest BCUT2D eigenvalue weighted by Crippen LogP contribution is 2.42. The number of ether oxygens (including phenoxy) is 2. The van der Waals surface area contributed by atoms with Gasteiger partial charge in [0.25, 0.3) is 0 Å². The smallest absolute Gasteiger partial charge is 0.250 e. The van der Waals surface area contributed by atoms with Gasteiger partial charge in [-0.1, -0.05) is 6.07 Å². The average Bonchev–Trinajstić information content (AvgIpc) is 3.12. The lowest BCUT2D eigenvalue weighted by Crippen LogP contribution is -2.37. The summed E-state index contributed by atoms with van der Waals surface area (Å²) in [5, 5.41) is 0. The van der Waals surface area contributed by atoms with Crippen molar-refractivity contribution >= 4 is 0 Å². The molecule has 24 heavy (non-hydrogen) atoms.